The number of aliphatic hydroxyl groups is 1. The number of unbranched alkanes of at least 4 members (excludes halogenated alkanes) is 1. The van der Waals surface area contributed by atoms with Crippen molar-refractivity contribution in [2.45, 2.75) is 59.2 Å². The van der Waals surface area contributed by atoms with Gasteiger partial charge < -0.3 is 5.11 Å². The van der Waals surface area contributed by atoms with Crippen molar-refractivity contribution in [3.8, 4) is 0 Å². The van der Waals surface area contributed by atoms with E-state index in [9.17, 15) is 8.42 Å². The number of aromatic nitrogens is 2. The van der Waals surface area contributed by atoms with Crippen LogP contribution in [0.25, 0.3) is 0 Å². The van der Waals surface area contributed by atoms with Crippen LogP contribution in [-0.2, 0) is 22.9 Å². The predicted molar refractivity (Wildman–Crippen MR) is 91.2 cm³/mol. The predicted octanol–water partition coefficient (Wildman–Crippen LogP) is 1.28. The van der Waals surface area contributed by atoms with Crippen molar-refractivity contribution in [3.63, 3.8) is 0 Å². The number of hydrogen-bond donors (Lipinski definition) is 1. The first-order valence-corrected chi connectivity index (χ1v) is 10.3. The summed E-state index contributed by atoms with van der Waals surface area (Å²) in [5.41, 5.74) is 3.20. The number of aryl methyl sites for hydroxylation is 1. The Labute approximate surface area is 139 Å². The van der Waals surface area contributed by atoms with E-state index in [1.165, 1.54) is 5.56 Å². The van der Waals surface area contributed by atoms with Gasteiger partial charge in [0.15, 0.2) is 9.84 Å². The first-order chi connectivity index (χ1) is 10.9. The standard InChI is InChI=1S/C16H29N3O3S/c1-4-5-7-18(15-6-10-23(21,22)12-15)11-16-13(2)17-19(8-9-20)14(16)3/h15,20H,4-12H2,1-3H3. The Balaban J connectivity index is 2.18. The van der Waals surface area contributed by atoms with E-state index in [2.05, 4.69) is 16.9 Å². The maximum absolute atomic E-state index is 11.8. The minimum atomic E-state index is -2.88. The monoisotopic (exact) mass is 343 g/mol. The lowest BCUT2D eigenvalue weighted by Crippen LogP contribution is -2.36. The molecule has 1 atom stereocenters. The first kappa shape index (κ1) is 18.4. The van der Waals surface area contributed by atoms with Crippen LogP contribution < -0.4 is 0 Å². The van der Waals surface area contributed by atoms with Gasteiger partial charge in [-0.1, -0.05) is 13.3 Å². The third-order valence-electron chi connectivity index (χ3n) is 4.73. The van der Waals surface area contributed by atoms with Crippen molar-refractivity contribution in [2.75, 3.05) is 24.7 Å². The van der Waals surface area contributed by atoms with Crippen molar-refractivity contribution in [2.24, 2.45) is 0 Å². The second-order valence-electron chi connectivity index (χ2n) is 6.48. The fourth-order valence-corrected chi connectivity index (χ4v) is 5.06. The van der Waals surface area contributed by atoms with Crippen LogP contribution in [0.4, 0.5) is 0 Å². The lowest BCUT2D eigenvalue weighted by molar-refractivity contribution is 0.199. The van der Waals surface area contributed by atoms with Crippen LogP contribution in [0, 0.1) is 13.8 Å². The van der Waals surface area contributed by atoms with Crippen molar-refractivity contribution in [1.29, 1.82) is 0 Å². The molecule has 2 heterocycles. The molecule has 1 aromatic rings. The Morgan fingerprint density at radius 3 is 2.70 bits per heavy atom. The highest BCUT2D eigenvalue weighted by molar-refractivity contribution is 7.91. The molecular weight excluding hydrogens is 314 g/mol. The molecule has 0 spiro atoms. The zero-order chi connectivity index (χ0) is 17.0. The summed E-state index contributed by atoms with van der Waals surface area (Å²) >= 11 is 0. The summed E-state index contributed by atoms with van der Waals surface area (Å²) in [7, 11) is -2.88. The van der Waals surface area contributed by atoms with E-state index in [-0.39, 0.29) is 18.4 Å². The molecule has 6 nitrogen and oxygen atoms in total. The Bertz CT molecular complexity index is 625. The van der Waals surface area contributed by atoms with Gasteiger partial charge in [0.25, 0.3) is 0 Å². The first-order valence-electron chi connectivity index (χ1n) is 8.46. The summed E-state index contributed by atoms with van der Waals surface area (Å²) in [5, 5.41) is 13.6. The lowest BCUT2D eigenvalue weighted by Gasteiger charge is -2.28. The van der Waals surface area contributed by atoms with E-state index in [0.717, 1.165) is 43.7 Å². The average Bonchev–Trinajstić information content (AvgIpc) is 2.97. The van der Waals surface area contributed by atoms with Crippen molar-refractivity contribution >= 4 is 9.84 Å². The molecule has 132 valence electrons. The summed E-state index contributed by atoms with van der Waals surface area (Å²) < 4.78 is 25.5. The van der Waals surface area contributed by atoms with Crippen molar-refractivity contribution in [3.05, 3.63) is 17.0 Å². The topological polar surface area (TPSA) is 75.4 Å². The summed E-state index contributed by atoms with van der Waals surface area (Å²) in [6.45, 7) is 8.39. The quantitative estimate of drug-likeness (QED) is 0.769. The van der Waals surface area contributed by atoms with E-state index < -0.39 is 9.84 Å². The highest BCUT2D eigenvalue weighted by atomic mass is 32.2. The van der Waals surface area contributed by atoms with Gasteiger partial charge in [0.2, 0.25) is 0 Å². The van der Waals surface area contributed by atoms with Gasteiger partial charge in [0.05, 0.1) is 30.4 Å². The molecule has 1 aliphatic rings. The number of rotatable bonds is 8. The Hall–Kier alpha value is -0.920. The van der Waals surface area contributed by atoms with Crippen LogP contribution in [0.2, 0.25) is 0 Å². The Kier molecular flexibility index (Phi) is 6.22. The van der Waals surface area contributed by atoms with Crippen molar-refractivity contribution in [1.82, 2.24) is 14.7 Å². The van der Waals surface area contributed by atoms with Gasteiger partial charge in [-0.05, 0) is 33.2 Å². The molecule has 0 aliphatic carbocycles. The van der Waals surface area contributed by atoms with Gasteiger partial charge in [0, 0.05) is 23.8 Å². The molecule has 7 heteroatoms. The molecule has 0 saturated carbocycles. The number of aliphatic hydroxyl groups excluding tert-OH is 1. The molecule has 1 saturated heterocycles. The molecule has 0 bridgehead atoms. The van der Waals surface area contributed by atoms with E-state index in [1.54, 1.807) is 0 Å². The summed E-state index contributed by atoms with van der Waals surface area (Å²) in [5.74, 6) is 0.585. The smallest absolute Gasteiger partial charge is 0.151 e. The summed E-state index contributed by atoms with van der Waals surface area (Å²) in [6, 6.07) is 0.117. The molecular formula is C16H29N3O3S. The molecule has 1 aliphatic heterocycles. The molecule has 1 aromatic heterocycles. The molecule has 23 heavy (non-hydrogen) atoms. The zero-order valence-electron chi connectivity index (χ0n) is 14.5. The minimum absolute atomic E-state index is 0.0712. The molecule has 0 amide bonds. The molecule has 0 radical (unpaired) electrons. The van der Waals surface area contributed by atoms with Gasteiger partial charge in [-0.15, -0.1) is 0 Å². The lowest BCUT2D eigenvalue weighted by atomic mass is 10.1. The van der Waals surface area contributed by atoms with E-state index in [4.69, 9.17) is 5.11 Å². The third kappa shape index (κ3) is 4.55. The minimum Gasteiger partial charge on any atom is -0.394 e. The average molecular weight is 343 g/mol. The normalized spacial score (nSPS) is 20.5. The molecule has 2 rings (SSSR count). The van der Waals surface area contributed by atoms with Gasteiger partial charge in [-0.3, -0.25) is 9.58 Å². The highest BCUT2D eigenvalue weighted by Crippen LogP contribution is 2.23. The van der Waals surface area contributed by atoms with Crippen LogP contribution in [0.5, 0.6) is 0 Å². The summed E-state index contributed by atoms with van der Waals surface area (Å²) in [6.07, 6.45) is 2.89. The zero-order valence-corrected chi connectivity index (χ0v) is 15.3. The maximum atomic E-state index is 11.8. The van der Waals surface area contributed by atoms with Crippen LogP contribution in [-0.4, -0.2) is 58.9 Å². The second-order valence-corrected chi connectivity index (χ2v) is 8.71. The van der Waals surface area contributed by atoms with Gasteiger partial charge in [0.1, 0.15) is 0 Å². The Morgan fingerprint density at radius 1 is 1.39 bits per heavy atom. The molecule has 1 unspecified atom stereocenters. The molecule has 1 fully saturated rings. The Morgan fingerprint density at radius 2 is 2.13 bits per heavy atom. The maximum Gasteiger partial charge on any atom is 0.151 e. The van der Waals surface area contributed by atoms with E-state index >= 15 is 0 Å². The van der Waals surface area contributed by atoms with Crippen LogP contribution in [0.1, 0.15) is 43.1 Å². The van der Waals surface area contributed by atoms with E-state index in [1.807, 2.05) is 18.5 Å². The highest BCUT2D eigenvalue weighted by Gasteiger charge is 2.32. The largest absolute Gasteiger partial charge is 0.394 e. The number of hydrogen-bond acceptors (Lipinski definition) is 5. The molecule has 0 aromatic carbocycles. The van der Waals surface area contributed by atoms with Crippen LogP contribution >= 0.6 is 0 Å². The van der Waals surface area contributed by atoms with Crippen LogP contribution in [0.3, 0.4) is 0 Å². The van der Waals surface area contributed by atoms with Gasteiger partial charge in [-0.2, -0.15) is 5.10 Å². The summed E-state index contributed by atoms with van der Waals surface area (Å²) in [4.78, 5) is 2.31. The fourth-order valence-electron chi connectivity index (χ4n) is 3.29. The van der Waals surface area contributed by atoms with Gasteiger partial charge in [-0.25, -0.2) is 8.42 Å². The number of sulfone groups is 1. The number of nitrogens with zero attached hydrogens (tertiary/aromatic N) is 3. The van der Waals surface area contributed by atoms with Crippen LogP contribution in [0.15, 0.2) is 0 Å². The fraction of sp³-hybridized carbons (Fsp3) is 0.812. The third-order valence-corrected chi connectivity index (χ3v) is 6.48. The van der Waals surface area contributed by atoms with E-state index in [0.29, 0.717) is 12.3 Å². The second kappa shape index (κ2) is 7.77. The SMILES string of the molecule is CCCCN(Cc1c(C)nn(CCO)c1C)C1CCS(=O)(=O)C1. The van der Waals surface area contributed by atoms with Crippen molar-refractivity contribution < 1.29 is 13.5 Å². The molecule has 1 N–H and O–H groups in total. The van der Waals surface area contributed by atoms with Gasteiger partial charge >= 0.3 is 0 Å².